The average Bonchev–Trinajstić information content (AvgIpc) is 2.55. The third-order valence-electron chi connectivity index (χ3n) is 3.38. The molecule has 1 aromatic rings. The number of esters is 1. The number of rotatable bonds is 7. The van der Waals surface area contributed by atoms with Crippen LogP contribution in [0.1, 0.15) is 45.7 Å². The van der Waals surface area contributed by atoms with Crippen LogP contribution in [0.5, 0.6) is 0 Å². The summed E-state index contributed by atoms with van der Waals surface area (Å²) in [6, 6.07) is 7.85. The first-order valence-corrected chi connectivity index (χ1v) is 8.41. The van der Waals surface area contributed by atoms with Crippen molar-refractivity contribution in [1.82, 2.24) is 0 Å². The van der Waals surface area contributed by atoms with Gasteiger partial charge in [-0.25, -0.2) is 4.79 Å². The summed E-state index contributed by atoms with van der Waals surface area (Å²) in [5.41, 5.74) is 7.50. The molecule has 26 heavy (non-hydrogen) atoms. The SMILES string of the molecule is CCOC(=O)C(C(N)=N/N=C/c1ccc(C(C)(C)C)cc1)=C(O)OCC. The molecule has 0 radical (unpaired) electrons. The van der Waals surface area contributed by atoms with Crippen LogP contribution in [0, 0.1) is 0 Å². The van der Waals surface area contributed by atoms with E-state index in [1.54, 1.807) is 13.8 Å². The predicted molar refractivity (Wildman–Crippen MR) is 102 cm³/mol. The highest BCUT2D eigenvalue weighted by molar-refractivity contribution is 6.18. The van der Waals surface area contributed by atoms with Crippen LogP contribution >= 0.6 is 0 Å². The quantitative estimate of drug-likeness (QED) is 0.194. The van der Waals surface area contributed by atoms with Crippen molar-refractivity contribution in [3.8, 4) is 0 Å². The van der Waals surface area contributed by atoms with Gasteiger partial charge >= 0.3 is 5.97 Å². The minimum absolute atomic E-state index is 0.0639. The van der Waals surface area contributed by atoms with Crippen LogP contribution < -0.4 is 5.73 Å². The van der Waals surface area contributed by atoms with Gasteiger partial charge in [-0.1, -0.05) is 45.0 Å². The second-order valence-electron chi connectivity index (χ2n) is 6.44. The number of carbonyl (C=O) groups is 1. The molecule has 0 aliphatic rings. The fourth-order valence-electron chi connectivity index (χ4n) is 1.99. The van der Waals surface area contributed by atoms with Gasteiger partial charge in [-0.15, -0.1) is 5.10 Å². The summed E-state index contributed by atoms with van der Waals surface area (Å²) in [6.45, 7) is 9.98. The lowest BCUT2D eigenvalue weighted by atomic mass is 9.87. The second kappa shape index (κ2) is 9.60. The molecule has 0 fully saturated rings. The third kappa shape index (κ3) is 6.23. The predicted octanol–water partition coefficient (Wildman–Crippen LogP) is 3.04. The third-order valence-corrected chi connectivity index (χ3v) is 3.38. The zero-order valence-corrected chi connectivity index (χ0v) is 15.9. The summed E-state index contributed by atoms with van der Waals surface area (Å²) < 4.78 is 9.78. The normalized spacial score (nSPS) is 13.5. The van der Waals surface area contributed by atoms with E-state index in [4.69, 9.17) is 15.2 Å². The zero-order chi connectivity index (χ0) is 19.7. The molecule has 0 saturated heterocycles. The van der Waals surface area contributed by atoms with Crippen molar-refractivity contribution >= 4 is 18.0 Å². The van der Waals surface area contributed by atoms with Crippen LogP contribution in [0.4, 0.5) is 0 Å². The van der Waals surface area contributed by atoms with Crippen LogP contribution in [0.15, 0.2) is 46.0 Å². The van der Waals surface area contributed by atoms with Gasteiger partial charge in [0.05, 0.1) is 19.4 Å². The molecule has 0 aliphatic carbocycles. The van der Waals surface area contributed by atoms with Crippen LogP contribution in [-0.2, 0) is 19.7 Å². The highest BCUT2D eigenvalue weighted by Gasteiger charge is 2.22. The Morgan fingerprint density at radius 3 is 2.23 bits per heavy atom. The molecule has 1 rings (SSSR count). The van der Waals surface area contributed by atoms with E-state index in [0.717, 1.165) is 5.56 Å². The highest BCUT2D eigenvalue weighted by atomic mass is 16.6. The lowest BCUT2D eigenvalue weighted by molar-refractivity contribution is -0.138. The molecule has 1 aromatic carbocycles. The van der Waals surface area contributed by atoms with E-state index in [9.17, 15) is 9.90 Å². The number of nitrogens with zero attached hydrogens (tertiary/aromatic N) is 2. The molecular weight excluding hydrogens is 334 g/mol. The van der Waals surface area contributed by atoms with Gasteiger partial charge in [0, 0.05) is 0 Å². The number of benzene rings is 1. The lowest BCUT2D eigenvalue weighted by Gasteiger charge is -2.18. The van der Waals surface area contributed by atoms with E-state index in [2.05, 4.69) is 31.0 Å². The molecule has 7 heteroatoms. The average molecular weight is 361 g/mol. The molecular formula is C19H27N3O4. The smallest absolute Gasteiger partial charge is 0.349 e. The molecule has 0 aliphatic heterocycles. The Labute approximate surface area is 154 Å². The Hall–Kier alpha value is -2.83. The number of carbonyl (C=O) groups excluding carboxylic acids is 1. The first-order chi connectivity index (χ1) is 12.2. The molecule has 0 atom stereocenters. The van der Waals surface area contributed by atoms with Crippen molar-refractivity contribution in [2.75, 3.05) is 13.2 Å². The topological polar surface area (TPSA) is 107 Å². The minimum Gasteiger partial charge on any atom is -0.480 e. The number of amidine groups is 1. The van der Waals surface area contributed by atoms with Gasteiger partial charge in [0.1, 0.15) is 0 Å². The standard InChI is InChI=1S/C19H27N3O4/c1-6-25-17(23)15(18(24)26-7-2)16(20)22-21-12-13-8-10-14(11-9-13)19(3,4)5/h8-12,23H,6-7H2,1-5H3,(H2,20,22)/b17-15?,21-12+. The maximum absolute atomic E-state index is 11.9. The molecule has 142 valence electrons. The van der Waals surface area contributed by atoms with Gasteiger partial charge in [0.25, 0.3) is 5.95 Å². The van der Waals surface area contributed by atoms with Crippen molar-refractivity contribution in [2.24, 2.45) is 15.9 Å². The minimum atomic E-state index is -0.829. The van der Waals surface area contributed by atoms with Crippen molar-refractivity contribution in [3.05, 3.63) is 46.9 Å². The number of aliphatic hydroxyl groups is 1. The van der Waals surface area contributed by atoms with E-state index in [1.807, 2.05) is 24.3 Å². The maximum atomic E-state index is 11.9. The van der Waals surface area contributed by atoms with Gasteiger partial charge < -0.3 is 20.3 Å². The van der Waals surface area contributed by atoms with Crippen molar-refractivity contribution in [2.45, 2.75) is 40.0 Å². The Kier molecular flexibility index (Phi) is 7.83. The van der Waals surface area contributed by atoms with E-state index in [0.29, 0.717) is 0 Å². The molecule has 0 bridgehead atoms. The Bertz CT molecular complexity index is 698. The summed E-state index contributed by atoms with van der Waals surface area (Å²) in [6.07, 6.45) is 1.50. The molecule has 0 unspecified atom stereocenters. The van der Waals surface area contributed by atoms with Crippen molar-refractivity contribution in [3.63, 3.8) is 0 Å². The lowest BCUT2D eigenvalue weighted by Crippen LogP contribution is -2.25. The summed E-state index contributed by atoms with van der Waals surface area (Å²) in [5, 5.41) is 17.5. The van der Waals surface area contributed by atoms with E-state index < -0.39 is 11.9 Å². The van der Waals surface area contributed by atoms with Crippen LogP contribution in [0.25, 0.3) is 0 Å². The number of hydrogen-bond donors (Lipinski definition) is 2. The molecule has 3 N–H and O–H groups in total. The Morgan fingerprint density at radius 1 is 1.15 bits per heavy atom. The summed E-state index contributed by atoms with van der Waals surface area (Å²) in [4.78, 5) is 11.9. The molecule has 0 saturated carbocycles. The van der Waals surface area contributed by atoms with Crippen molar-refractivity contribution < 1.29 is 19.4 Å². The van der Waals surface area contributed by atoms with E-state index in [-0.39, 0.29) is 30.0 Å². The van der Waals surface area contributed by atoms with Crippen LogP contribution in [0.2, 0.25) is 0 Å². The maximum Gasteiger partial charge on any atom is 0.349 e. The Morgan fingerprint density at radius 2 is 1.73 bits per heavy atom. The number of ether oxygens (including phenoxy) is 2. The van der Waals surface area contributed by atoms with Crippen molar-refractivity contribution in [1.29, 1.82) is 0 Å². The van der Waals surface area contributed by atoms with Gasteiger partial charge in [-0.2, -0.15) is 5.10 Å². The Balaban J connectivity index is 3.00. The fraction of sp³-hybridized carbons (Fsp3) is 0.421. The molecule has 0 amide bonds. The summed E-state index contributed by atoms with van der Waals surface area (Å²) >= 11 is 0. The van der Waals surface area contributed by atoms with Crippen LogP contribution in [0.3, 0.4) is 0 Å². The monoisotopic (exact) mass is 361 g/mol. The molecule has 0 aromatic heterocycles. The number of nitrogens with two attached hydrogens (primary N) is 1. The number of aliphatic hydroxyl groups excluding tert-OH is 1. The zero-order valence-electron chi connectivity index (χ0n) is 15.9. The summed E-state index contributed by atoms with van der Waals surface area (Å²) in [5.74, 6) is -1.77. The number of hydrogen-bond acceptors (Lipinski definition) is 6. The van der Waals surface area contributed by atoms with Gasteiger partial charge in [-0.05, 0) is 30.4 Å². The second-order valence-corrected chi connectivity index (χ2v) is 6.44. The molecule has 7 nitrogen and oxygen atoms in total. The van der Waals surface area contributed by atoms with E-state index in [1.165, 1.54) is 11.8 Å². The first-order valence-electron chi connectivity index (χ1n) is 8.41. The largest absolute Gasteiger partial charge is 0.480 e. The van der Waals surface area contributed by atoms with Crippen LogP contribution in [-0.4, -0.2) is 36.3 Å². The van der Waals surface area contributed by atoms with E-state index >= 15 is 0 Å². The van der Waals surface area contributed by atoms with Gasteiger partial charge in [-0.3, -0.25) is 0 Å². The molecule has 0 heterocycles. The molecule has 0 spiro atoms. The first kappa shape index (κ1) is 21.2. The fourth-order valence-corrected chi connectivity index (χ4v) is 1.99. The van der Waals surface area contributed by atoms with Gasteiger partial charge in [0.15, 0.2) is 11.4 Å². The van der Waals surface area contributed by atoms with Gasteiger partial charge in [0.2, 0.25) is 0 Å². The highest BCUT2D eigenvalue weighted by Crippen LogP contribution is 2.21. The summed E-state index contributed by atoms with van der Waals surface area (Å²) in [7, 11) is 0.